The summed E-state index contributed by atoms with van der Waals surface area (Å²) in [4.78, 5) is 17.8. The maximum Gasteiger partial charge on any atom is 0.270 e. The van der Waals surface area contributed by atoms with Crippen LogP contribution in [0.15, 0.2) is 36.5 Å². The normalized spacial score (nSPS) is 17.7. The SMILES string of the molecule is COCc1cn(C2CCN(C(=O)c3cc4ccccc4[nH]3)C2)nn1. The van der Waals surface area contributed by atoms with Gasteiger partial charge in [0.1, 0.15) is 11.4 Å². The fourth-order valence-electron chi connectivity index (χ4n) is 3.21. The minimum atomic E-state index is 0.0333. The van der Waals surface area contributed by atoms with Gasteiger partial charge in [0.25, 0.3) is 5.91 Å². The third kappa shape index (κ3) is 2.67. The summed E-state index contributed by atoms with van der Waals surface area (Å²) >= 11 is 0. The van der Waals surface area contributed by atoms with Crippen LogP contribution >= 0.6 is 0 Å². The third-order valence-electron chi connectivity index (χ3n) is 4.44. The first-order valence-electron chi connectivity index (χ1n) is 8.01. The van der Waals surface area contributed by atoms with E-state index >= 15 is 0 Å². The summed E-state index contributed by atoms with van der Waals surface area (Å²) in [5, 5.41) is 9.30. The molecule has 1 atom stereocenters. The number of rotatable bonds is 4. The first-order valence-corrected chi connectivity index (χ1v) is 8.01. The number of carbonyl (C=O) groups is 1. The lowest BCUT2D eigenvalue weighted by molar-refractivity contribution is 0.0782. The molecule has 2 aromatic heterocycles. The number of para-hydroxylation sites is 1. The molecule has 0 bridgehead atoms. The van der Waals surface area contributed by atoms with Crippen molar-refractivity contribution in [3.05, 3.63) is 47.9 Å². The Balaban J connectivity index is 1.48. The zero-order valence-electron chi connectivity index (χ0n) is 13.5. The Hall–Kier alpha value is -2.67. The number of likely N-dealkylation sites (tertiary alicyclic amines) is 1. The first-order chi connectivity index (χ1) is 11.7. The lowest BCUT2D eigenvalue weighted by atomic mass is 10.2. The molecule has 1 fully saturated rings. The van der Waals surface area contributed by atoms with Gasteiger partial charge in [0.15, 0.2) is 0 Å². The Kier molecular flexibility index (Phi) is 3.78. The number of nitrogens with one attached hydrogen (secondary N) is 1. The molecule has 7 heteroatoms. The molecule has 1 aromatic carbocycles. The zero-order valence-corrected chi connectivity index (χ0v) is 13.5. The highest BCUT2D eigenvalue weighted by Crippen LogP contribution is 2.24. The Morgan fingerprint density at radius 2 is 2.29 bits per heavy atom. The Morgan fingerprint density at radius 1 is 1.42 bits per heavy atom. The van der Waals surface area contributed by atoms with Crippen LogP contribution in [0.2, 0.25) is 0 Å². The predicted octanol–water partition coefficient (Wildman–Crippen LogP) is 1.99. The molecular weight excluding hydrogens is 306 g/mol. The molecule has 3 aromatic rings. The molecule has 0 radical (unpaired) electrons. The molecule has 1 N–H and O–H groups in total. The van der Waals surface area contributed by atoms with Crippen molar-refractivity contribution in [3.8, 4) is 0 Å². The van der Waals surface area contributed by atoms with E-state index in [1.807, 2.05) is 46.1 Å². The van der Waals surface area contributed by atoms with Gasteiger partial charge in [0.2, 0.25) is 0 Å². The molecule has 7 nitrogen and oxygen atoms in total. The maximum absolute atomic E-state index is 12.7. The van der Waals surface area contributed by atoms with E-state index in [1.165, 1.54) is 0 Å². The summed E-state index contributed by atoms with van der Waals surface area (Å²) in [6.45, 7) is 1.81. The van der Waals surface area contributed by atoms with E-state index in [0.717, 1.165) is 29.6 Å². The van der Waals surface area contributed by atoms with Gasteiger partial charge < -0.3 is 14.6 Å². The van der Waals surface area contributed by atoms with Gasteiger partial charge >= 0.3 is 0 Å². The van der Waals surface area contributed by atoms with Crippen LogP contribution in [0.3, 0.4) is 0 Å². The fourth-order valence-corrected chi connectivity index (χ4v) is 3.21. The highest BCUT2D eigenvalue weighted by Gasteiger charge is 2.29. The second-order valence-corrected chi connectivity index (χ2v) is 6.09. The summed E-state index contributed by atoms with van der Waals surface area (Å²) in [6, 6.07) is 9.99. The van der Waals surface area contributed by atoms with E-state index in [0.29, 0.717) is 18.8 Å². The van der Waals surface area contributed by atoms with Crippen molar-refractivity contribution in [1.82, 2.24) is 24.9 Å². The molecule has 1 unspecified atom stereocenters. The number of benzene rings is 1. The van der Waals surface area contributed by atoms with Crippen LogP contribution in [0.4, 0.5) is 0 Å². The van der Waals surface area contributed by atoms with Gasteiger partial charge in [-0.05, 0) is 18.6 Å². The monoisotopic (exact) mass is 325 g/mol. The number of methoxy groups -OCH3 is 1. The minimum Gasteiger partial charge on any atom is -0.378 e. The van der Waals surface area contributed by atoms with E-state index in [2.05, 4.69) is 15.3 Å². The Labute approximate surface area is 139 Å². The maximum atomic E-state index is 12.7. The molecule has 1 amide bonds. The van der Waals surface area contributed by atoms with E-state index in [9.17, 15) is 4.79 Å². The summed E-state index contributed by atoms with van der Waals surface area (Å²) in [5.74, 6) is 0.0333. The molecule has 124 valence electrons. The summed E-state index contributed by atoms with van der Waals surface area (Å²) in [7, 11) is 1.63. The van der Waals surface area contributed by atoms with Crippen molar-refractivity contribution in [3.63, 3.8) is 0 Å². The van der Waals surface area contributed by atoms with E-state index < -0.39 is 0 Å². The number of hydrogen-bond donors (Lipinski definition) is 1. The minimum absolute atomic E-state index is 0.0333. The predicted molar refractivity (Wildman–Crippen MR) is 88.6 cm³/mol. The number of nitrogens with zero attached hydrogens (tertiary/aromatic N) is 4. The number of hydrogen-bond acceptors (Lipinski definition) is 4. The molecule has 24 heavy (non-hydrogen) atoms. The number of aromatic amines is 1. The molecule has 4 rings (SSSR count). The van der Waals surface area contributed by atoms with Crippen LogP contribution in [0.5, 0.6) is 0 Å². The van der Waals surface area contributed by atoms with Crippen LogP contribution in [0, 0.1) is 0 Å². The van der Waals surface area contributed by atoms with Crippen LogP contribution in [0.1, 0.15) is 28.6 Å². The molecular formula is C17H19N5O2. The zero-order chi connectivity index (χ0) is 16.5. The van der Waals surface area contributed by atoms with Crippen molar-refractivity contribution >= 4 is 16.8 Å². The van der Waals surface area contributed by atoms with E-state index in [4.69, 9.17) is 4.74 Å². The van der Waals surface area contributed by atoms with Crippen LogP contribution in [-0.2, 0) is 11.3 Å². The molecule has 0 saturated carbocycles. The lowest BCUT2D eigenvalue weighted by Gasteiger charge is -2.15. The molecule has 1 saturated heterocycles. The first kappa shape index (κ1) is 14.9. The number of ether oxygens (including phenoxy) is 1. The fraction of sp³-hybridized carbons (Fsp3) is 0.353. The smallest absolute Gasteiger partial charge is 0.270 e. The Morgan fingerprint density at radius 3 is 3.12 bits per heavy atom. The van der Waals surface area contributed by atoms with Gasteiger partial charge in [-0.3, -0.25) is 4.79 Å². The van der Waals surface area contributed by atoms with Crippen molar-refractivity contribution in [2.45, 2.75) is 19.1 Å². The number of H-pyrrole nitrogens is 1. The average Bonchev–Trinajstić information content (AvgIpc) is 3.32. The van der Waals surface area contributed by atoms with Gasteiger partial charge in [-0.15, -0.1) is 5.10 Å². The molecule has 3 heterocycles. The number of carbonyl (C=O) groups excluding carboxylic acids is 1. The van der Waals surface area contributed by atoms with E-state index in [-0.39, 0.29) is 11.9 Å². The number of fused-ring (bicyclic) bond motifs is 1. The van der Waals surface area contributed by atoms with Gasteiger partial charge in [0, 0.05) is 31.1 Å². The van der Waals surface area contributed by atoms with Gasteiger partial charge in [-0.25, -0.2) is 4.68 Å². The van der Waals surface area contributed by atoms with Crippen molar-refractivity contribution in [2.75, 3.05) is 20.2 Å². The second kappa shape index (κ2) is 6.09. The number of amides is 1. The third-order valence-corrected chi connectivity index (χ3v) is 4.44. The summed E-state index contributed by atoms with van der Waals surface area (Å²) in [5.41, 5.74) is 2.42. The molecule has 0 spiro atoms. The van der Waals surface area contributed by atoms with Crippen LogP contribution in [0.25, 0.3) is 10.9 Å². The topological polar surface area (TPSA) is 76.0 Å². The van der Waals surface area contributed by atoms with Gasteiger partial charge in [-0.1, -0.05) is 23.4 Å². The lowest BCUT2D eigenvalue weighted by Crippen LogP contribution is -2.29. The van der Waals surface area contributed by atoms with Gasteiger partial charge in [0.05, 0.1) is 18.8 Å². The summed E-state index contributed by atoms with van der Waals surface area (Å²) < 4.78 is 6.91. The highest BCUT2D eigenvalue weighted by molar-refractivity contribution is 5.98. The molecule has 1 aliphatic rings. The van der Waals surface area contributed by atoms with Crippen LogP contribution < -0.4 is 0 Å². The number of aromatic nitrogens is 4. The molecule has 1 aliphatic heterocycles. The van der Waals surface area contributed by atoms with E-state index in [1.54, 1.807) is 7.11 Å². The average molecular weight is 325 g/mol. The largest absolute Gasteiger partial charge is 0.378 e. The highest BCUT2D eigenvalue weighted by atomic mass is 16.5. The Bertz CT molecular complexity index is 836. The van der Waals surface area contributed by atoms with Crippen molar-refractivity contribution in [2.24, 2.45) is 0 Å². The summed E-state index contributed by atoms with van der Waals surface area (Å²) in [6.07, 6.45) is 2.77. The second-order valence-electron chi connectivity index (χ2n) is 6.09. The standard InChI is InChI=1S/C17H19N5O2/c1-24-11-13-9-22(20-19-13)14-6-7-21(10-14)17(23)16-8-12-4-2-3-5-15(12)18-16/h2-5,8-9,14,18H,6-7,10-11H2,1H3. The quantitative estimate of drug-likeness (QED) is 0.796. The van der Waals surface area contributed by atoms with Gasteiger partial charge in [-0.2, -0.15) is 0 Å². The van der Waals surface area contributed by atoms with Crippen LogP contribution in [-0.4, -0.2) is 51.0 Å². The van der Waals surface area contributed by atoms with Crippen molar-refractivity contribution < 1.29 is 9.53 Å². The molecule has 0 aliphatic carbocycles. The van der Waals surface area contributed by atoms with Crippen molar-refractivity contribution in [1.29, 1.82) is 0 Å².